The molecule has 0 aliphatic rings. The van der Waals surface area contributed by atoms with E-state index in [1.807, 2.05) is 12.1 Å². The highest BCUT2D eigenvalue weighted by molar-refractivity contribution is 7.89. The number of sulfonamides is 2. The van der Waals surface area contributed by atoms with Crippen molar-refractivity contribution in [2.45, 2.75) is 36.7 Å². The van der Waals surface area contributed by atoms with E-state index in [2.05, 4.69) is 24.9 Å². The van der Waals surface area contributed by atoms with Crippen molar-refractivity contribution < 1.29 is 16.8 Å². The number of pyridine rings is 4. The Morgan fingerprint density at radius 3 is 1.58 bits per heavy atom. The second-order valence-corrected chi connectivity index (χ2v) is 16.4. The molecule has 0 saturated carbocycles. The van der Waals surface area contributed by atoms with Crippen molar-refractivity contribution in [3.8, 4) is 0 Å². The molecule has 0 saturated heterocycles. The predicted octanol–water partition coefficient (Wildman–Crippen LogP) is 6.55. The SMILES string of the molecule is CCN(Cc1cccnc1)S(=O)(=O)c1ccc2c(Cl)cnc(Cl)c2c1.CCN(Cc1cccnc1)S(=O)(=O)c1ccc2c(Cl)cnc(N=C(N)N)c2c1. The van der Waals surface area contributed by atoms with Crippen molar-refractivity contribution in [2.75, 3.05) is 13.1 Å². The summed E-state index contributed by atoms with van der Waals surface area (Å²) in [7, 11) is -7.47. The first kappa shape index (κ1) is 39.7. The maximum Gasteiger partial charge on any atom is 0.243 e. The lowest BCUT2D eigenvalue weighted by Gasteiger charge is -2.21. The molecular formula is C35H34Cl3N9O4S2. The van der Waals surface area contributed by atoms with Crippen LogP contribution in [0.2, 0.25) is 15.2 Å². The van der Waals surface area contributed by atoms with Gasteiger partial charge < -0.3 is 11.5 Å². The smallest absolute Gasteiger partial charge is 0.243 e. The molecule has 2 aromatic carbocycles. The molecule has 0 unspecified atom stereocenters. The fourth-order valence-electron chi connectivity index (χ4n) is 5.28. The van der Waals surface area contributed by atoms with E-state index in [-0.39, 0.29) is 39.8 Å². The Morgan fingerprint density at radius 1 is 0.660 bits per heavy atom. The third kappa shape index (κ3) is 9.19. The molecule has 0 atom stereocenters. The molecule has 0 aliphatic carbocycles. The number of rotatable bonds is 11. The molecule has 0 bridgehead atoms. The van der Waals surface area contributed by atoms with Crippen molar-refractivity contribution in [1.82, 2.24) is 28.5 Å². The van der Waals surface area contributed by atoms with E-state index in [9.17, 15) is 16.8 Å². The molecule has 0 spiro atoms. The number of nitrogens with zero attached hydrogens (tertiary/aromatic N) is 7. The lowest BCUT2D eigenvalue weighted by molar-refractivity contribution is 0.422. The minimum atomic E-state index is -3.78. The van der Waals surface area contributed by atoms with Gasteiger partial charge in [0.25, 0.3) is 0 Å². The molecule has 0 amide bonds. The Bertz CT molecular complexity index is 2490. The number of halogens is 3. The molecule has 4 N–H and O–H groups in total. The second kappa shape index (κ2) is 17.1. The second-order valence-electron chi connectivity index (χ2n) is 11.4. The highest BCUT2D eigenvalue weighted by atomic mass is 35.5. The van der Waals surface area contributed by atoms with Crippen LogP contribution in [-0.4, -0.2) is 64.4 Å². The maximum atomic E-state index is 13.2. The van der Waals surface area contributed by atoms with Gasteiger partial charge >= 0.3 is 0 Å². The summed E-state index contributed by atoms with van der Waals surface area (Å²) < 4.78 is 55.2. The van der Waals surface area contributed by atoms with Crippen molar-refractivity contribution in [2.24, 2.45) is 16.5 Å². The number of fused-ring (bicyclic) bond motifs is 2. The highest BCUT2D eigenvalue weighted by Crippen LogP contribution is 2.33. The third-order valence-corrected chi connectivity index (χ3v) is 12.7. The summed E-state index contributed by atoms with van der Waals surface area (Å²) >= 11 is 18.4. The van der Waals surface area contributed by atoms with Crippen molar-refractivity contribution >= 4 is 88.2 Å². The molecule has 0 radical (unpaired) electrons. The van der Waals surface area contributed by atoms with Crippen LogP contribution < -0.4 is 11.5 Å². The first-order valence-corrected chi connectivity index (χ1v) is 20.0. The van der Waals surface area contributed by atoms with Crippen LogP contribution in [0.4, 0.5) is 5.82 Å². The van der Waals surface area contributed by atoms with Crippen molar-refractivity contribution in [3.05, 3.63) is 124 Å². The van der Waals surface area contributed by atoms with Crippen LogP contribution in [0.25, 0.3) is 21.5 Å². The number of hydrogen-bond acceptors (Lipinski definition) is 9. The molecule has 4 heterocycles. The zero-order valence-corrected chi connectivity index (χ0v) is 32.3. The molecule has 18 heteroatoms. The van der Waals surface area contributed by atoms with Gasteiger partial charge in [-0.1, -0.05) is 72.9 Å². The van der Waals surface area contributed by atoms with Gasteiger partial charge in [0, 0.05) is 84.9 Å². The molecule has 0 aliphatic heterocycles. The predicted molar refractivity (Wildman–Crippen MR) is 209 cm³/mol. The summed E-state index contributed by atoms with van der Waals surface area (Å²) in [5.74, 6) is 0.0166. The van der Waals surface area contributed by atoms with E-state index in [1.54, 1.807) is 62.9 Å². The van der Waals surface area contributed by atoms with Gasteiger partial charge in [0.15, 0.2) is 11.8 Å². The lowest BCUT2D eigenvalue weighted by atomic mass is 10.1. The minimum absolute atomic E-state index is 0.0989. The minimum Gasteiger partial charge on any atom is -0.370 e. The Hall–Kier alpha value is -4.48. The van der Waals surface area contributed by atoms with Crippen LogP contribution >= 0.6 is 34.8 Å². The normalized spacial score (nSPS) is 11.8. The fourth-order valence-corrected chi connectivity index (χ4v) is 8.84. The van der Waals surface area contributed by atoms with Crippen LogP contribution in [0.3, 0.4) is 0 Å². The number of aliphatic imine (C=N–C) groups is 1. The Labute approximate surface area is 322 Å². The van der Waals surface area contributed by atoms with Gasteiger partial charge in [-0.05, 0) is 47.5 Å². The van der Waals surface area contributed by atoms with E-state index in [0.29, 0.717) is 44.7 Å². The van der Waals surface area contributed by atoms with Crippen LogP contribution in [0.5, 0.6) is 0 Å². The summed E-state index contributed by atoms with van der Waals surface area (Å²) in [5.41, 5.74) is 12.5. The van der Waals surface area contributed by atoms with Crippen molar-refractivity contribution in [1.29, 1.82) is 0 Å². The maximum absolute atomic E-state index is 13.2. The van der Waals surface area contributed by atoms with E-state index >= 15 is 0 Å². The number of guanidine groups is 1. The number of nitrogens with two attached hydrogens (primary N) is 2. The highest BCUT2D eigenvalue weighted by Gasteiger charge is 2.26. The van der Waals surface area contributed by atoms with E-state index in [0.717, 1.165) is 11.1 Å². The van der Waals surface area contributed by atoms with Crippen LogP contribution in [-0.2, 0) is 33.1 Å². The molecule has 6 rings (SSSR count). The average Bonchev–Trinajstić information content (AvgIpc) is 3.16. The van der Waals surface area contributed by atoms with Gasteiger partial charge in [-0.15, -0.1) is 0 Å². The molecular weight excluding hydrogens is 781 g/mol. The van der Waals surface area contributed by atoms with E-state index in [4.69, 9.17) is 46.3 Å². The van der Waals surface area contributed by atoms with Gasteiger partial charge in [0.1, 0.15) is 5.15 Å². The molecule has 6 aromatic rings. The summed E-state index contributed by atoms with van der Waals surface area (Å²) in [6.07, 6.45) is 9.44. The first-order valence-electron chi connectivity index (χ1n) is 16.0. The third-order valence-electron chi connectivity index (χ3n) is 7.93. The van der Waals surface area contributed by atoms with Crippen LogP contribution in [0.1, 0.15) is 25.0 Å². The lowest BCUT2D eigenvalue weighted by Crippen LogP contribution is -2.30. The average molecular weight is 815 g/mol. The number of aromatic nitrogens is 4. The van der Waals surface area contributed by atoms with E-state index < -0.39 is 20.0 Å². The zero-order valence-electron chi connectivity index (χ0n) is 28.4. The van der Waals surface area contributed by atoms with Gasteiger partial charge in [0.05, 0.1) is 19.8 Å². The van der Waals surface area contributed by atoms with Gasteiger partial charge in [-0.2, -0.15) is 13.6 Å². The Balaban J connectivity index is 0.000000206. The number of hydrogen-bond donors (Lipinski definition) is 2. The summed E-state index contributed by atoms with van der Waals surface area (Å²) in [5, 5.41) is 3.22. The van der Waals surface area contributed by atoms with Crippen LogP contribution in [0, 0.1) is 0 Å². The zero-order chi connectivity index (χ0) is 38.3. The topological polar surface area (TPSA) is 191 Å². The van der Waals surface area contributed by atoms with Gasteiger partial charge in [0.2, 0.25) is 20.0 Å². The van der Waals surface area contributed by atoms with Crippen molar-refractivity contribution in [3.63, 3.8) is 0 Å². The molecule has 0 fully saturated rings. The number of benzene rings is 2. The van der Waals surface area contributed by atoms with Gasteiger partial charge in [-0.25, -0.2) is 26.8 Å². The van der Waals surface area contributed by atoms with E-state index in [1.165, 1.54) is 45.3 Å². The quantitative estimate of drug-likeness (QED) is 0.0825. The Kier molecular flexibility index (Phi) is 12.8. The molecule has 276 valence electrons. The Morgan fingerprint density at radius 2 is 1.13 bits per heavy atom. The summed E-state index contributed by atoms with van der Waals surface area (Å²) in [6.45, 7) is 4.64. The first-order chi connectivity index (χ1) is 25.3. The largest absolute Gasteiger partial charge is 0.370 e. The molecule has 53 heavy (non-hydrogen) atoms. The van der Waals surface area contributed by atoms with Crippen LogP contribution in [0.15, 0.2) is 113 Å². The molecule has 4 aromatic heterocycles. The summed E-state index contributed by atoms with van der Waals surface area (Å²) in [6, 6.07) is 16.5. The monoisotopic (exact) mass is 813 g/mol. The summed E-state index contributed by atoms with van der Waals surface area (Å²) in [4.78, 5) is 20.4. The van der Waals surface area contributed by atoms with Gasteiger partial charge in [-0.3, -0.25) is 9.97 Å². The fraction of sp³-hybridized carbons (Fsp3) is 0.171. The molecule has 13 nitrogen and oxygen atoms in total. The standard InChI is InChI=1S/C18H19ClN6O2S.C17H15Cl2N3O2S/c1-2-25(11-12-4-3-7-22-9-12)28(26,27)13-5-6-14-15(8-13)17(24-18(20)21)23-10-16(14)19;1-2-22(11-12-4-3-7-20-9-12)25(23,24)13-5-6-14-15(8-13)17(19)21-10-16(14)18/h3-10H,2,11H2,1H3,(H4,20,21,23,24);3-10H,2,11H2,1H3.